The minimum absolute atomic E-state index is 0.0459. The van der Waals surface area contributed by atoms with Gasteiger partial charge in [0.05, 0.1) is 19.9 Å². The van der Waals surface area contributed by atoms with Crippen molar-refractivity contribution in [2.24, 2.45) is 0 Å². The molecule has 0 aliphatic carbocycles. The van der Waals surface area contributed by atoms with Gasteiger partial charge in [0.25, 0.3) is 5.91 Å². The summed E-state index contributed by atoms with van der Waals surface area (Å²) in [6.45, 7) is 6.63. The Morgan fingerprint density at radius 3 is 2.45 bits per heavy atom. The van der Waals surface area contributed by atoms with E-state index in [1.54, 1.807) is 25.6 Å². The van der Waals surface area contributed by atoms with Crippen molar-refractivity contribution in [2.75, 3.05) is 20.8 Å². The summed E-state index contributed by atoms with van der Waals surface area (Å²) in [6.07, 6.45) is 0.743. The number of rotatable bonds is 7. The molecule has 1 heterocycles. The van der Waals surface area contributed by atoms with Crippen LogP contribution in [0.1, 0.15) is 32.1 Å². The van der Waals surface area contributed by atoms with Crippen LogP contribution in [0.4, 0.5) is 0 Å². The van der Waals surface area contributed by atoms with Gasteiger partial charge in [0.2, 0.25) is 0 Å². The molecule has 0 unspecified atom stereocenters. The number of hydrogen-bond donors (Lipinski definition) is 1. The first kappa shape index (κ1) is 20.9. The predicted octanol–water partition coefficient (Wildman–Crippen LogP) is 4.73. The number of methoxy groups -OCH3 is 2. The van der Waals surface area contributed by atoms with Gasteiger partial charge in [0, 0.05) is 29.0 Å². The molecule has 0 spiro atoms. The smallest absolute Gasteiger partial charge is 0.251 e. The summed E-state index contributed by atoms with van der Waals surface area (Å²) in [6, 6.07) is 11.6. The van der Waals surface area contributed by atoms with Gasteiger partial charge in [-0.15, -0.1) is 11.3 Å². The van der Waals surface area contributed by atoms with Gasteiger partial charge in [-0.2, -0.15) is 0 Å². The Kier molecular flexibility index (Phi) is 6.54. The van der Waals surface area contributed by atoms with Gasteiger partial charge in [0.15, 0.2) is 11.5 Å². The summed E-state index contributed by atoms with van der Waals surface area (Å²) in [5, 5.41) is 3.94. The lowest BCUT2D eigenvalue weighted by Crippen LogP contribution is -2.25. The Labute approximate surface area is 175 Å². The minimum Gasteiger partial charge on any atom is -0.493 e. The molecule has 6 heteroatoms. The third-order valence-corrected chi connectivity index (χ3v) is 6.20. The molecule has 0 bridgehead atoms. The lowest BCUT2D eigenvalue weighted by molar-refractivity contribution is 0.0954. The van der Waals surface area contributed by atoms with E-state index in [-0.39, 0.29) is 5.91 Å². The fourth-order valence-electron chi connectivity index (χ4n) is 3.03. The molecule has 3 aromatic rings. The van der Waals surface area contributed by atoms with Gasteiger partial charge in [-0.1, -0.05) is 6.07 Å². The van der Waals surface area contributed by atoms with E-state index in [9.17, 15) is 4.79 Å². The molecular formula is C23H26N2O3S. The van der Waals surface area contributed by atoms with Gasteiger partial charge >= 0.3 is 0 Å². The molecule has 0 saturated heterocycles. The molecule has 1 N–H and O–H groups in total. The lowest BCUT2D eigenvalue weighted by atomic mass is 10.1. The number of aromatic nitrogens is 1. The van der Waals surface area contributed by atoms with Crippen LogP contribution >= 0.6 is 11.3 Å². The number of ether oxygens (including phenoxy) is 2. The highest BCUT2D eigenvalue weighted by atomic mass is 32.1. The molecule has 0 saturated carbocycles. The maximum absolute atomic E-state index is 12.4. The van der Waals surface area contributed by atoms with Crippen LogP contribution in [0, 0.1) is 20.8 Å². The maximum atomic E-state index is 12.4. The Hall–Kier alpha value is -2.86. The number of nitrogens with one attached hydrogen (secondary N) is 1. The largest absolute Gasteiger partial charge is 0.493 e. The average molecular weight is 411 g/mol. The number of aryl methyl sites for hydroxylation is 3. The summed E-state index contributed by atoms with van der Waals surface area (Å²) < 4.78 is 10.7. The quantitative estimate of drug-likeness (QED) is 0.612. The van der Waals surface area contributed by atoms with Crippen molar-refractivity contribution in [2.45, 2.75) is 27.2 Å². The van der Waals surface area contributed by atoms with Crippen LogP contribution in [-0.4, -0.2) is 31.7 Å². The monoisotopic (exact) mass is 410 g/mol. The minimum atomic E-state index is -0.0459. The van der Waals surface area contributed by atoms with E-state index in [4.69, 9.17) is 14.5 Å². The average Bonchev–Trinajstić information content (AvgIpc) is 3.10. The first-order valence-electron chi connectivity index (χ1n) is 9.47. The van der Waals surface area contributed by atoms with E-state index in [0.717, 1.165) is 33.1 Å². The Bertz CT molecular complexity index is 1030. The fourth-order valence-corrected chi connectivity index (χ4v) is 4.09. The number of carbonyl (C=O) groups is 1. The van der Waals surface area contributed by atoms with Gasteiger partial charge < -0.3 is 14.8 Å². The van der Waals surface area contributed by atoms with Gasteiger partial charge in [-0.05, 0) is 62.2 Å². The summed E-state index contributed by atoms with van der Waals surface area (Å²) in [4.78, 5) is 18.3. The molecule has 2 aromatic carbocycles. The summed E-state index contributed by atoms with van der Waals surface area (Å²) in [5.41, 5.74) is 4.97. The van der Waals surface area contributed by atoms with Crippen LogP contribution < -0.4 is 14.8 Å². The third kappa shape index (κ3) is 4.77. The van der Waals surface area contributed by atoms with Crippen molar-refractivity contribution < 1.29 is 14.3 Å². The second-order valence-electron chi connectivity index (χ2n) is 6.90. The SMILES string of the molecule is COc1ccc(-c2nc(C)c(CCNC(=O)c3ccc(C)c(C)c3)s2)cc1OC. The molecule has 5 nitrogen and oxygen atoms in total. The molecule has 152 valence electrons. The topological polar surface area (TPSA) is 60.5 Å². The summed E-state index contributed by atoms with van der Waals surface area (Å²) in [5.74, 6) is 1.33. The second kappa shape index (κ2) is 9.09. The fraction of sp³-hybridized carbons (Fsp3) is 0.304. The van der Waals surface area contributed by atoms with Crippen LogP contribution in [0.15, 0.2) is 36.4 Å². The number of nitrogens with zero attached hydrogens (tertiary/aromatic N) is 1. The van der Waals surface area contributed by atoms with Gasteiger partial charge in [-0.3, -0.25) is 4.79 Å². The van der Waals surface area contributed by atoms with E-state index < -0.39 is 0 Å². The predicted molar refractivity (Wildman–Crippen MR) is 117 cm³/mol. The van der Waals surface area contributed by atoms with Crippen LogP contribution in [0.5, 0.6) is 11.5 Å². The number of benzene rings is 2. The molecule has 1 amide bonds. The van der Waals surface area contributed by atoms with Gasteiger partial charge in [-0.25, -0.2) is 4.98 Å². The highest BCUT2D eigenvalue weighted by Gasteiger charge is 2.13. The van der Waals surface area contributed by atoms with Crippen molar-refractivity contribution in [3.05, 3.63) is 63.7 Å². The number of carbonyl (C=O) groups excluding carboxylic acids is 1. The van der Waals surface area contributed by atoms with Crippen LogP contribution in [0.25, 0.3) is 10.6 Å². The Morgan fingerprint density at radius 1 is 1.00 bits per heavy atom. The third-order valence-electron chi connectivity index (χ3n) is 4.93. The van der Waals surface area contributed by atoms with Crippen molar-refractivity contribution >= 4 is 17.2 Å². The molecule has 0 aliphatic rings. The molecule has 0 fully saturated rings. The van der Waals surface area contributed by atoms with Crippen molar-refractivity contribution in [1.82, 2.24) is 10.3 Å². The number of amides is 1. The standard InChI is InChI=1S/C23H26N2O3S/c1-14-6-7-17(12-15(14)2)22(26)24-11-10-21-16(3)25-23(29-21)18-8-9-19(27-4)20(13-18)28-5/h6-9,12-13H,10-11H2,1-5H3,(H,24,26). The lowest BCUT2D eigenvalue weighted by Gasteiger charge is -2.08. The molecule has 1 aromatic heterocycles. The highest BCUT2D eigenvalue weighted by molar-refractivity contribution is 7.15. The summed E-state index contributed by atoms with van der Waals surface area (Å²) >= 11 is 1.64. The second-order valence-corrected chi connectivity index (χ2v) is 7.99. The maximum Gasteiger partial charge on any atom is 0.251 e. The first-order chi connectivity index (χ1) is 13.9. The highest BCUT2D eigenvalue weighted by Crippen LogP contribution is 2.35. The van der Waals surface area contributed by atoms with E-state index >= 15 is 0 Å². The van der Waals surface area contributed by atoms with Crippen molar-refractivity contribution in [3.8, 4) is 22.1 Å². The Balaban J connectivity index is 1.66. The Morgan fingerprint density at radius 2 is 1.76 bits per heavy atom. The van der Waals surface area contributed by atoms with E-state index in [2.05, 4.69) is 5.32 Å². The zero-order chi connectivity index (χ0) is 21.0. The van der Waals surface area contributed by atoms with Crippen LogP contribution in [-0.2, 0) is 6.42 Å². The van der Waals surface area contributed by atoms with Crippen molar-refractivity contribution in [3.63, 3.8) is 0 Å². The zero-order valence-electron chi connectivity index (χ0n) is 17.5. The first-order valence-corrected chi connectivity index (χ1v) is 10.3. The van der Waals surface area contributed by atoms with Gasteiger partial charge in [0.1, 0.15) is 5.01 Å². The van der Waals surface area contributed by atoms with E-state index in [0.29, 0.717) is 23.6 Å². The molecule has 0 atom stereocenters. The number of hydrogen-bond acceptors (Lipinski definition) is 5. The zero-order valence-corrected chi connectivity index (χ0v) is 18.3. The van der Waals surface area contributed by atoms with Crippen molar-refractivity contribution in [1.29, 1.82) is 0 Å². The molecule has 3 rings (SSSR count). The molecule has 29 heavy (non-hydrogen) atoms. The van der Waals surface area contributed by atoms with Crippen LogP contribution in [0.2, 0.25) is 0 Å². The molecular weight excluding hydrogens is 384 g/mol. The molecule has 0 aliphatic heterocycles. The number of thiazole rings is 1. The normalized spacial score (nSPS) is 10.7. The van der Waals surface area contributed by atoms with E-state index in [1.807, 2.05) is 57.2 Å². The molecule has 0 radical (unpaired) electrons. The van der Waals surface area contributed by atoms with E-state index in [1.165, 1.54) is 5.56 Å². The van der Waals surface area contributed by atoms with Crippen LogP contribution in [0.3, 0.4) is 0 Å². The summed E-state index contributed by atoms with van der Waals surface area (Å²) in [7, 11) is 3.24.